The molecule has 1 aromatic heterocycles. The van der Waals surface area contributed by atoms with E-state index in [1.54, 1.807) is 38.3 Å². The van der Waals surface area contributed by atoms with Crippen LogP contribution in [-0.4, -0.2) is 47.9 Å². The van der Waals surface area contributed by atoms with E-state index in [9.17, 15) is 4.79 Å². The van der Waals surface area contributed by atoms with Crippen LogP contribution < -0.4 is 15.4 Å². The first-order chi connectivity index (χ1) is 11.7. The summed E-state index contributed by atoms with van der Waals surface area (Å²) >= 11 is 0. The Bertz CT molecular complexity index is 676. The summed E-state index contributed by atoms with van der Waals surface area (Å²) in [6.45, 7) is 2.12. The van der Waals surface area contributed by atoms with E-state index < -0.39 is 5.97 Å². The number of nitrogens with one attached hydrogen (secondary N) is 2. The first-order valence-corrected chi connectivity index (χ1v) is 7.47. The second-order valence-electron chi connectivity index (χ2n) is 4.67. The Morgan fingerprint density at radius 2 is 1.92 bits per heavy atom. The highest BCUT2D eigenvalue weighted by atomic mass is 16.5. The highest BCUT2D eigenvalue weighted by Crippen LogP contribution is 2.25. The van der Waals surface area contributed by atoms with Gasteiger partial charge in [0.2, 0.25) is 0 Å². The summed E-state index contributed by atoms with van der Waals surface area (Å²) in [5.41, 5.74) is 0.914. The van der Waals surface area contributed by atoms with Gasteiger partial charge in [0, 0.05) is 12.2 Å². The van der Waals surface area contributed by atoms with Crippen molar-refractivity contribution in [2.75, 3.05) is 37.5 Å². The zero-order valence-electron chi connectivity index (χ0n) is 13.6. The molecule has 128 valence electrons. The van der Waals surface area contributed by atoms with E-state index in [0.717, 1.165) is 11.4 Å². The Labute approximate surface area is 139 Å². The molecule has 1 heterocycles. The summed E-state index contributed by atoms with van der Waals surface area (Å²) in [5.74, 6) is 0.788. The minimum atomic E-state index is -0.547. The van der Waals surface area contributed by atoms with Crippen molar-refractivity contribution in [2.45, 2.75) is 6.92 Å². The number of methoxy groups -OCH3 is 1. The van der Waals surface area contributed by atoms with Gasteiger partial charge in [-0.3, -0.25) is 0 Å². The van der Waals surface area contributed by atoms with Gasteiger partial charge in [-0.1, -0.05) is 0 Å². The summed E-state index contributed by atoms with van der Waals surface area (Å²) in [4.78, 5) is 20.5. The molecular weight excluding hydrogens is 312 g/mol. The van der Waals surface area contributed by atoms with Gasteiger partial charge < -0.3 is 25.2 Å². The van der Waals surface area contributed by atoms with E-state index in [0.29, 0.717) is 11.6 Å². The van der Waals surface area contributed by atoms with E-state index in [-0.39, 0.29) is 25.3 Å². The van der Waals surface area contributed by atoms with E-state index in [1.807, 2.05) is 0 Å². The second kappa shape index (κ2) is 8.68. The third kappa shape index (κ3) is 4.32. The largest absolute Gasteiger partial charge is 0.497 e. The molecule has 0 saturated heterocycles. The fourth-order valence-electron chi connectivity index (χ4n) is 2.00. The van der Waals surface area contributed by atoms with Gasteiger partial charge >= 0.3 is 5.97 Å². The molecule has 8 nitrogen and oxygen atoms in total. The fraction of sp³-hybridized carbons (Fsp3) is 0.312. The fourth-order valence-corrected chi connectivity index (χ4v) is 2.00. The van der Waals surface area contributed by atoms with Crippen LogP contribution in [0.1, 0.15) is 17.3 Å². The molecule has 0 atom stereocenters. The SMILES string of the molecule is CCOC(=O)c1c(NCCO)ncnc1Nc1ccc(OC)cc1. The van der Waals surface area contributed by atoms with E-state index in [4.69, 9.17) is 14.6 Å². The number of carbonyl (C=O) groups is 1. The van der Waals surface area contributed by atoms with E-state index in [1.165, 1.54) is 6.33 Å². The monoisotopic (exact) mass is 332 g/mol. The van der Waals surface area contributed by atoms with Crippen LogP contribution in [0.2, 0.25) is 0 Å². The molecule has 8 heteroatoms. The van der Waals surface area contributed by atoms with E-state index in [2.05, 4.69) is 20.6 Å². The Kier molecular flexibility index (Phi) is 6.32. The zero-order chi connectivity index (χ0) is 17.4. The molecule has 0 spiro atoms. The molecule has 1 aromatic carbocycles. The quantitative estimate of drug-likeness (QED) is 0.629. The number of nitrogens with zero attached hydrogens (tertiary/aromatic N) is 2. The lowest BCUT2D eigenvalue weighted by molar-refractivity contribution is 0.0528. The summed E-state index contributed by atoms with van der Waals surface area (Å²) in [5, 5.41) is 14.9. The van der Waals surface area contributed by atoms with Gasteiger partial charge in [0.25, 0.3) is 0 Å². The average molecular weight is 332 g/mol. The van der Waals surface area contributed by atoms with Gasteiger partial charge in [-0.15, -0.1) is 0 Å². The molecular formula is C16H20N4O4. The van der Waals surface area contributed by atoms with Crippen molar-refractivity contribution in [3.63, 3.8) is 0 Å². The van der Waals surface area contributed by atoms with Crippen molar-refractivity contribution < 1.29 is 19.4 Å². The Morgan fingerprint density at radius 1 is 1.21 bits per heavy atom. The van der Waals surface area contributed by atoms with Gasteiger partial charge in [0.05, 0.1) is 20.3 Å². The summed E-state index contributed by atoms with van der Waals surface area (Å²) < 4.78 is 10.2. The van der Waals surface area contributed by atoms with Crippen molar-refractivity contribution >= 4 is 23.3 Å². The molecule has 0 fully saturated rings. The van der Waals surface area contributed by atoms with Gasteiger partial charge in [0.15, 0.2) is 5.82 Å². The molecule has 0 aliphatic rings. The Morgan fingerprint density at radius 3 is 2.54 bits per heavy atom. The normalized spacial score (nSPS) is 10.1. The van der Waals surface area contributed by atoms with Crippen LogP contribution in [0.3, 0.4) is 0 Å². The summed E-state index contributed by atoms with van der Waals surface area (Å²) in [6, 6.07) is 7.18. The smallest absolute Gasteiger partial charge is 0.345 e. The van der Waals surface area contributed by atoms with Crippen molar-refractivity contribution in [3.05, 3.63) is 36.2 Å². The average Bonchev–Trinajstić information content (AvgIpc) is 2.61. The predicted molar refractivity (Wildman–Crippen MR) is 89.8 cm³/mol. The molecule has 0 aliphatic carbocycles. The number of ether oxygens (including phenoxy) is 2. The lowest BCUT2D eigenvalue weighted by atomic mass is 10.2. The molecule has 2 aromatic rings. The number of rotatable bonds is 8. The molecule has 24 heavy (non-hydrogen) atoms. The number of aliphatic hydroxyl groups is 1. The predicted octanol–water partition coefficient (Wildman–Crippen LogP) is 1.81. The molecule has 0 amide bonds. The van der Waals surface area contributed by atoms with Gasteiger partial charge in [-0.2, -0.15) is 0 Å². The number of aromatic nitrogens is 2. The van der Waals surface area contributed by atoms with Crippen LogP contribution in [0.4, 0.5) is 17.3 Å². The maximum Gasteiger partial charge on any atom is 0.345 e. The minimum absolute atomic E-state index is 0.0898. The van der Waals surface area contributed by atoms with Gasteiger partial charge in [-0.25, -0.2) is 14.8 Å². The standard InChI is InChI=1S/C16H20N4O4/c1-3-24-16(22)13-14(17-8-9-21)18-10-19-15(13)20-11-4-6-12(23-2)7-5-11/h4-7,10,21H,3,8-9H2,1-2H3,(H2,17,18,19,20). The van der Waals surface area contributed by atoms with Crippen LogP contribution in [0.5, 0.6) is 5.75 Å². The van der Waals surface area contributed by atoms with Crippen molar-refractivity contribution in [1.29, 1.82) is 0 Å². The highest BCUT2D eigenvalue weighted by Gasteiger charge is 2.20. The Balaban J connectivity index is 2.33. The topological polar surface area (TPSA) is 106 Å². The summed E-state index contributed by atoms with van der Waals surface area (Å²) in [6.07, 6.45) is 1.33. The van der Waals surface area contributed by atoms with Crippen LogP contribution in [0.15, 0.2) is 30.6 Å². The number of benzene rings is 1. The molecule has 0 bridgehead atoms. The van der Waals surface area contributed by atoms with E-state index >= 15 is 0 Å². The zero-order valence-corrected chi connectivity index (χ0v) is 13.6. The Hall–Kier alpha value is -2.87. The van der Waals surface area contributed by atoms with Crippen LogP contribution in [0, 0.1) is 0 Å². The molecule has 0 radical (unpaired) electrons. The van der Waals surface area contributed by atoms with Crippen molar-refractivity contribution in [1.82, 2.24) is 9.97 Å². The number of carbonyl (C=O) groups excluding carboxylic acids is 1. The molecule has 0 saturated carbocycles. The maximum absolute atomic E-state index is 12.3. The lowest BCUT2D eigenvalue weighted by Crippen LogP contribution is -2.16. The first kappa shape index (κ1) is 17.5. The number of hydrogen-bond acceptors (Lipinski definition) is 8. The molecule has 3 N–H and O–H groups in total. The van der Waals surface area contributed by atoms with Crippen LogP contribution >= 0.6 is 0 Å². The first-order valence-electron chi connectivity index (χ1n) is 7.47. The third-order valence-corrected chi connectivity index (χ3v) is 3.08. The third-order valence-electron chi connectivity index (χ3n) is 3.08. The van der Waals surface area contributed by atoms with Gasteiger partial charge in [0.1, 0.15) is 23.5 Å². The molecule has 2 rings (SSSR count). The summed E-state index contributed by atoms with van der Waals surface area (Å²) in [7, 11) is 1.59. The lowest BCUT2D eigenvalue weighted by Gasteiger charge is -2.14. The number of aliphatic hydroxyl groups excluding tert-OH is 1. The van der Waals surface area contributed by atoms with Crippen LogP contribution in [0.25, 0.3) is 0 Å². The number of hydrogen-bond donors (Lipinski definition) is 3. The minimum Gasteiger partial charge on any atom is -0.497 e. The number of anilines is 3. The molecule has 0 unspecified atom stereocenters. The second-order valence-corrected chi connectivity index (χ2v) is 4.67. The maximum atomic E-state index is 12.3. The number of esters is 1. The molecule has 0 aliphatic heterocycles. The van der Waals surface area contributed by atoms with Crippen molar-refractivity contribution in [3.8, 4) is 5.75 Å². The van der Waals surface area contributed by atoms with Crippen LogP contribution in [-0.2, 0) is 4.74 Å². The van der Waals surface area contributed by atoms with Gasteiger partial charge in [-0.05, 0) is 31.2 Å². The highest BCUT2D eigenvalue weighted by molar-refractivity contribution is 6.00. The van der Waals surface area contributed by atoms with Crippen molar-refractivity contribution in [2.24, 2.45) is 0 Å².